The molecule has 520 valence electrons. The van der Waals surface area contributed by atoms with Crippen molar-refractivity contribution in [3.8, 4) is 112 Å². The summed E-state index contributed by atoms with van der Waals surface area (Å²) in [4.78, 5) is 23.7. The lowest BCUT2D eigenvalue weighted by atomic mass is 9.91. The lowest BCUT2D eigenvalue weighted by molar-refractivity contribution is 1.22. The van der Waals surface area contributed by atoms with Crippen molar-refractivity contribution < 1.29 is 0 Å². The summed E-state index contributed by atoms with van der Waals surface area (Å²) in [6, 6.07) is 139. The van der Waals surface area contributed by atoms with Crippen LogP contribution in [0.3, 0.4) is 0 Å². The van der Waals surface area contributed by atoms with E-state index in [2.05, 4.69) is 397 Å². The third-order valence-corrected chi connectivity index (χ3v) is 22.4. The quantitative estimate of drug-likeness (QED) is 0.128. The average Bonchev–Trinajstić information content (AvgIpc) is 0.748. The Morgan fingerprint density at radius 2 is 0.464 bits per heavy atom. The van der Waals surface area contributed by atoms with Crippen molar-refractivity contribution in [1.82, 2.24) is 24.9 Å². The van der Waals surface area contributed by atoms with E-state index in [0.717, 1.165) is 94.7 Å². The van der Waals surface area contributed by atoms with Crippen molar-refractivity contribution >= 4 is 108 Å². The molecule has 22 aromatic rings. The molecule has 0 N–H and O–H groups in total. The van der Waals surface area contributed by atoms with Crippen molar-refractivity contribution in [3.63, 3.8) is 0 Å². The van der Waals surface area contributed by atoms with Gasteiger partial charge in [-0.1, -0.05) is 291 Å². The van der Waals surface area contributed by atoms with Crippen molar-refractivity contribution in [3.05, 3.63) is 407 Å². The fourth-order valence-corrected chi connectivity index (χ4v) is 16.6. The number of hydrogen-bond acceptors (Lipinski definition) is 5. The molecule has 0 aliphatic heterocycles. The number of fused-ring (bicyclic) bond motifs is 10. The highest BCUT2D eigenvalue weighted by atomic mass is 14.8. The van der Waals surface area contributed by atoms with Crippen LogP contribution in [-0.4, -0.2) is 24.9 Å². The van der Waals surface area contributed by atoms with E-state index in [1.807, 2.05) is 18.6 Å². The van der Waals surface area contributed by atoms with Crippen LogP contribution in [0.15, 0.2) is 407 Å². The van der Waals surface area contributed by atoms with Gasteiger partial charge in [-0.25, -0.2) is 19.9 Å². The summed E-state index contributed by atoms with van der Waals surface area (Å²) in [7, 11) is 0. The van der Waals surface area contributed by atoms with Gasteiger partial charge >= 0.3 is 0 Å². The molecule has 5 nitrogen and oxygen atoms in total. The zero-order valence-electron chi connectivity index (χ0n) is 60.9. The number of hydrogen-bond donors (Lipinski definition) is 0. The maximum atomic E-state index is 5.48. The van der Waals surface area contributed by atoms with Gasteiger partial charge in [0.25, 0.3) is 0 Å². The third kappa shape index (κ3) is 12.3. The van der Waals surface area contributed by atoms with E-state index in [-0.39, 0.29) is 0 Å². The van der Waals surface area contributed by atoms with E-state index >= 15 is 0 Å². The van der Waals surface area contributed by atoms with Gasteiger partial charge in [0, 0.05) is 51.6 Å². The number of rotatable bonds is 10. The Morgan fingerprint density at radius 3 is 0.955 bits per heavy atom. The van der Waals surface area contributed by atoms with Crippen LogP contribution in [0, 0.1) is 0 Å². The molecule has 0 amide bonds. The molecule has 0 radical (unpaired) electrons. The third-order valence-electron chi connectivity index (χ3n) is 22.4. The zero-order chi connectivity index (χ0) is 74.0. The van der Waals surface area contributed by atoms with Crippen LogP contribution in [0.1, 0.15) is 0 Å². The summed E-state index contributed by atoms with van der Waals surface area (Å²) >= 11 is 0. The van der Waals surface area contributed by atoms with Crippen LogP contribution in [0.5, 0.6) is 0 Å². The summed E-state index contributed by atoms with van der Waals surface area (Å²) in [5, 5.41) is 23.1. The molecule has 0 aliphatic rings. The molecule has 0 spiro atoms. The second kappa shape index (κ2) is 27.7. The van der Waals surface area contributed by atoms with Gasteiger partial charge < -0.3 is 0 Å². The second-order valence-corrected chi connectivity index (χ2v) is 29.2. The maximum Gasteiger partial charge on any atom is 0.116 e. The summed E-state index contributed by atoms with van der Waals surface area (Å²) in [6.07, 6.45) is 7.22. The van der Waals surface area contributed by atoms with Gasteiger partial charge in [-0.2, -0.15) is 0 Å². The van der Waals surface area contributed by atoms with Crippen molar-refractivity contribution in [2.24, 2.45) is 0 Å². The molecule has 0 aliphatic carbocycles. The van der Waals surface area contributed by atoms with Crippen LogP contribution in [-0.2, 0) is 0 Å². The summed E-state index contributed by atoms with van der Waals surface area (Å²) < 4.78 is 0. The molecule has 112 heavy (non-hydrogen) atoms. The second-order valence-electron chi connectivity index (χ2n) is 29.2. The maximum absolute atomic E-state index is 5.48. The van der Waals surface area contributed by atoms with E-state index in [9.17, 15) is 0 Å². The van der Waals surface area contributed by atoms with Gasteiger partial charge in [-0.3, -0.25) is 4.98 Å². The lowest BCUT2D eigenvalue weighted by Gasteiger charge is -2.16. The van der Waals surface area contributed by atoms with Crippen LogP contribution in [0.25, 0.3) is 220 Å². The minimum absolute atomic E-state index is 0.933. The molecule has 4 aromatic heterocycles. The fraction of sp³-hybridized carbons (Fsp3) is 0. The highest BCUT2D eigenvalue weighted by Gasteiger charge is 2.19. The van der Waals surface area contributed by atoms with Crippen molar-refractivity contribution in [1.29, 1.82) is 0 Å². The average molecular weight is 1420 g/mol. The Kier molecular flexibility index (Phi) is 16.2. The van der Waals surface area contributed by atoms with Crippen molar-refractivity contribution in [2.45, 2.75) is 0 Å². The standard InChI is InChI=1S/C54H34N2.C53H33N3/c1-3-7-41-28-50-30-44(17-18-45(50)25-39(41)5-1)36-13-15-38(16-14-36)53-32-52(37-11-9-35(10-12-37)43-20-22-49-34-55-24-23-47(49)27-43)33-54(56-53)48-21-19-46-26-40-6-2-4-8-42(40)29-51(46)31-48;1-5-13-45-39(9-1)27-40-10-2-6-14-46(40)52(45)37-23-21-36(22-24-37)50-30-44(35-19-17-34(18-20-35)38-25-26-43-32-54-33-55-49(43)29-38)31-51(56-50)53-47-15-7-3-11-41(47)28-42-12-4-8-16-48(42)53/h1-34H;1-33H. The van der Waals surface area contributed by atoms with Crippen LogP contribution in [0.2, 0.25) is 0 Å². The monoisotopic (exact) mass is 1420 g/mol. The molecule has 0 fully saturated rings. The Bertz CT molecular complexity index is 7370. The smallest absolute Gasteiger partial charge is 0.116 e. The summed E-state index contributed by atoms with van der Waals surface area (Å²) in [5.41, 5.74) is 23.1. The van der Waals surface area contributed by atoms with Crippen LogP contribution in [0.4, 0.5) is 0 Å². The van der Waals surface area contributed by atoms with Gasteiger partial charge in [0.15, 0.2) is 0 Å². The predicted molar refractivity (Wildman–Crippen MR) is 471 cm³/mol. The van der Waals surface area contributed by atoms with E-state index in [1.165, 1.54) is 125 Å². The number of aromatic nitrogens is 5. The Morgan fingerprint density at radius 1 is 0.161 bits per heavy atom. The summed E-state index contributed by atoms with van der Waals surface area (Å²) in [5.74, 6) is 0. The molecule has 0 bridgehead atoms. The van der Waals surface area contributed by atoms with Crippen LogP contribution < -0.4 is 0 Å². The Balaban J connectivity index is 0.000000141. The number of pyridine rings is 3. The number of benzene rings is 18. The van der Waals surface area contributed by atoms with Gasteiger partial charge in [-0.05, 0) is 249 Å². The molecule has 0 saturated heterocycles. The zero-order valence-corrected chi connectivity index (χ0v) is 60.9. The number of nitrogens with zero attached hydrogens (tertiary/aromatic N) is 5. The van der Waals surface area contributed by atoms with Crippen molar-refractivity contribution in [2.75, 3.05) is 0 Å². The van der Waals surface area contributed by atoms with Gasteiger partial charge in [0.05, 0.1) is 28.3 Å². The fourth-order valence-electron chi connectivity index (χ4n) is 16.6. The topological polar surface area (TPSA) is 64.5 Å². The molecule has 5 heteroatoms. The minimum atomic E-state index is 0.933. The first kappa shape index (κ1) is 65.4. The molecular formula is C107H67N5. The largest absolute Gasteiger partial charge is 0.264 e. The van der Waals surface area contributed by atoms with E-state index in [1.54, 1.807) is 6.33 Å². The molecule has 0 unspecified atom stereocenters. The van der Waals surface area contributed by atoms with Crippen LogP contribution >= 0.6 is 0 Å². The van der Waals surface area contributed by atoms with E-state index < -0.39 is 0 Å². The molecule has 18 aromatic carbocycles. The van der Waals surface area contributed by atoms with Gasteiger partial charge in [-0.15, -0.1) is 0 Å². The van der Waals surface area contributed by atoms with Gasteiger partial charge in [0.2, 0.25) is 0 Å². The SMILES string of the molecule is c1ccc2c(-c3ccc(-c4cc(-c5ccc(-c6ccc7cncnc7c6)cc5)cc(-c5c6ccccc6cc6ccccc56)n4)cc3)c3ccccc3cc2c1.c1ccc2cc3cc(-c4ccc(-c5cc(-c6ccc(-c7ccc8cnccc8c7)cc6)cc(-c6ccc7cc8ccccc8cc7c6)n5)cc4)ccc3cc2c1. The first-order chi connectivity index (χ1) is 55.4. The summed E-state index contributed by atoms with van der Waals surface area (Å²) in [6.45, 7) is 0. The molecule has 0 atom stereocenters. The lowest BCUT2D eigenvalue weighted by Crippen LogP contribution is -1.94. The van der Waals surface area contributed by atoms with E-state index in [0.29, 0.717) is 0 Å². The minimum Gasteiger partial charge on any atom is -0.264 e. The molecule has 22 rings (SSSR count). The Hall–Kier alpha value is -14.9. The van der Waals surface area contributed by atoms with E-state index in [4.69, 9.17) is 9.97 Å². The first-order valence-corrected chi connectivity index (χ1v) is 38.1. The first-order valence-electron chi connectivity index (χ1n) is 38.1. The highest BCUT2D eigenvalue weighted by Crippen LogP contribution is 2.43. The molecular weight excluding hydrogens is 1360 g/mol. The molecule has 0 saturated carbocycles. The molecule has 4 heterocycles. The highest BCUT2D eigenvalue weighted by molar-refractivity contribution is 6.14. The predicted octanol–water partition coefficient (Wildman–Crippen LogP) is 28.6. The normalized spacial score (nSPS) is 11.6. The Labute approximate surface area is 647 Å². The van der Waals surface area contributed by atoms with Gasteiger partial charge in [0.1, 0.15) is 6.33 Å².